The van der Waals surface area contributed by atoms with E-state index >= 15 is 0 Å². The van der Waals surface area contributed by atoms with Crippen molar-refractivity contribution in [2.24, 2.45) is 5.92 Å². The zero-order valence-corrected chi connectivity index (χ0v) is 16.3. The third kappa shape index (κ3) is 6.07. The molecular formula is C20H23F3N4O2. The highest BCUT2D eigenvalue weighted by Crippen LogP contribution is 2.23. The number of nitrogens with one attached hydrogen (secondary N) is 1. The number of piperidine rings is 1. The fourth-order valence-electron chi connectivity index (χ4n) is 3.36. The third-order valence-electron chi connectivity index (χ3n) is 4.67. The summed E-state index contributed by atoms with van der Waals surface area (Å²) in [5.74, 6) is 0.0693. The molecule has 1 N–H and O–H groups in total. The first-order valence-corrected chi connectivity index (χ1v) is 9.39. The molecule has 0 bridgehead atoms. The second-order valence-electron chi connectivity index (χ2n) is 7.15. The maximum atomic E-state index is 12.6. The molecule has 2 aromatic rings. The molecule has 29 heavy (non-hydrogen) atoms. The molecule has 1 atom stereocenters. The molecule has 6 nitrogen and oxygen atoms in total. The van der Waals surface area contributed by atoms with Gasteiger partial charge < -0.3 is 15.0 Å². The molecule has 1 saturated heterocycles. The molecule has 0 spiro atoms. The lowest BCUT2D eigenvalue weighted by molar-refractivity contribution is -0.274. The summed E-state index contributed by atoms with van der Waals surface area (Å²) < 4.78 is 40.5. The highest BCUT2D eigenvalue weighted by atomic mass is 19.4. The highest BCUT2D eigenvalue weighted by molar-refractivity contribution is 5.79. The topological polar surface area (TPSA) is 67.4 Å². The normalized spacial score (nSPS) is 17.1. The maximum absolute atomic E-state index is 12.6. The molecule has 0 unspecified atom stereocenters. The zero-order valence-electron chi connectivity index (χ0n) is 16.3. The van der Waals surface area contributed by atoms with Crippen molar-refractivity contribution < 1.29 is 22.7 Å². The minimum absolute atomic E-state index is 0.0882. The van der Waals surface area contributed by atoms with E-state index in [1.54, 1.807) is 0 Å². The van der Waals surface area contributed by atoms with Crippen LogP contribution in [0.15, 0.2) is 30.3 Å². The predicted octanol–water partition coefficient (Wildman–Crippen LogP) is 3.52. The molecule has 0 saturated carbocycles. The Morgan fingerprint density at radius 3 is 2.48 bits per heavy atom. The van der Waals surface area contributed by atoms with Gasteiger partial charge in [0.25, 0.3) is 0 Å². The summed E-state index contributed by atoms with van der Waals surface area (Å²) in [5, 5.41) is 2.86. The van der Waals surface area contributed by atoms with Crippen LogP contribution in [0.4, 0.5) is 19.1 Å². The van der Waals surface area contributed by atoms with E-state index in [4.69, 9.17) is 0 Å². The average Bonchev–Trinajstić information content (AvgIpc) is 2.65. The number of amides is 1. The van der Waals surface area contributed by atoms with Crippen LogP contribution < -0.4 is 15.0 Å². The summed E-state index contributed by atoms with van der Waals surface area (Å²) in [4.78, 5) is 23.5. The number of carbonyl (C=O) groups is 1. The highest BCUT2D eigenvalue weighted by Gasteiger charge is 2.31. The van der Waals surface area contributed by atoms with Gasteiger partial charge in [-0.1, -0.05) is 12.1 Å². The van der Waals surface area contributed by atoms with Crippen LogP contribution in [0.25, 0.3) is 0 Å². The van der Waals surface area contributed by atoms with Gasteiger partial charge in [0.05, 0.1) is 5.92 Å². The Hall–Kier alpha value is -2.84. The summed E-state index contributed by atoms with van der Waals surface area (Å²) in [6, 6.07) is 7.36. The minimum atomic E-state index is -4.72. The van der Waals surface area contributed by atoms with Gasteiger partial charge in [-0.25, -0.2) is 9.97 Å². The number of hydrogen-bond acceptors (Lipinski definition) is 5. The first kappa shape index (κ1) is 20.9. The Labute approximate surface area is 167 Å². The van der Waals surface area contributed by atoms with E-state index in [2.05, 4.69) is 20.0 Å². The smallest absolute Gasteiger partial charge is 0.406 e. The van der Waals surface area contributed by atoms with Gasteiger partial charge in [-0.05, 0) is 50.5 Å². The second kappa shape index (κ2) is 8.67. The number of hydrogen-bond donors (Lipinski definition) is 1. The number of rotatable bonds is 5. The van der Waals surface area contributed by atoms with Crippen molar-refractivity contribution in [2.75, 3.05) is 18.0 Å². The standard InChI is InChI=1S/C20H23F3N4O2/c1-13-10-14(2)26-19(25-13)27-9-3-4-16(12-27)18(28)24-11-15-5-7-17(8-6-15)29-20(21,22)23/h5-8,10,16H,3-4,9,11-12H2,1-2H3,(H,24,28)/t16-/m1/s1. The van der Waals surface area contributed by atoms with E-state index in [1.165, 1.54) is 24.3 Å². The quantitative estimate of drug-likeness (QED) is 0.820. The first-order chi connectivity index (χ1) is 13.7. The molecular weight excluding hydrogens is 385 g/mol. The van der Waals surface area contributed by atoms with Gasteiger partial charge in [-0.15, -0.1) is 13.2 Å². The van der Waals surface area contributed by atoms with Crippen molar-refractivity contribution in [2.45, 2.75) is 39.6 Å². The van der Waals surface area contributed by atoms with Crippen LogP contribution in [0, 0.1) is 19.8 Å². The number of anilines is 1. The van der Waals surface area contributed by atoms with Crippen molar-refractivity contribution >= 4 is 11.9 Å². The van der Waals surface area contributed by atoms with E-state index in [-0.39, 0.29) is 24.1 Å². The van der Waals surface area contributed by atoms with Gasteiger partial charge >= 0.3 is 6.36 Å². The van der Waals surface area contributed by atoms with Crippen LogP contribution in [-0.2, 0) is 11.3 Å². The van der Waals surface area contributed by atoms with Gasteiger partial charge in [0.1, 0.15) is 5.75 Å². The molecule has 1 aromatic carbocycles. The Bertz CT molecular complexity index is 836. The molecule has 1 fully saturated rings. The lowest BCUT2D eigenvalue weighted by Crippen LogP contribution is -2.43. The van der Waals surface area contributed by atoms with Crippen molar-refractivity contribution in [1.82, 2.24) is 15.3 Å². The van der Waals surface area contributed by atoms with Gasteiger partial charge in [0, 0.05) is 31.0 Å². The first-order valence-electron chi connectivity index (χ1n) is 9.39. The van der Waals surface area contributed by atoms with E-state index < -0.39 is 6.36 Å². The fourth-order valence-corrected chi connectivity index (χ4v) is 3.36. The van der Waals surface area contributed by atoms with Crippen LogP contribution in [0.5, 0.6) is 5.75 Å². The maximum Gasteiger partial charge on any atom is 0.573 e. The van der Waals surface area contributed by atoms with Crippen LogP contribution in [0.3, 0.4) is 0 Å². The fraction of sp³-hybridized carbons (Fsp3) is 0.450. The summed E-state index contributed by atoms with van der Waals surface area (Å²) in [7, 11) is 0. The summed E-state index contributed by atoms with van der Waals surface area (Å²) >= 11 is 0. The number of carbonyl (C=O) groups excluding carboxylic acids is 1. The minimum Gasteiger partial charge on any atom is -0.406 e. The van der Waals surface area contributed by atoms with Crippen LogP contribution in [-0.4, -0.2) is 35.3 Å². The number of halogens is 3. The van der Waals surface area contributed by atoms with Gasteiger partial charge in [0.2, 0.25) is 11.9 Å². The van der Waals surface area contributed by atoms with E-state index in [1.807, 2.05) is 24.8 Å². The van der Waals surface area contributed by atoms with E-state index in [0.717, 1.165) is 30.8 Å². The SMILES string of the molecule is Cc1cc(C)nc(N2CCC[C@@H](C(=O)NCc3ccc(OC(F)(F)F)cc3)C2)n1. The lowest BCUT2D eigenvalue weighted by Gasteiger charge is -2.32. The third-order valence-corrected chi connectivity index (χ3v) is 4.67. The molecule has 0 radical (unpaired) electrons. The Morgan fingerprint density at radius 1 is 1.21 bits per heavy atom. The molecule has 1 aliphatic rings. The predicted molar refractivity (Wildman–Crippen MR) is 101 cm³/mol. The summed E-state index contributed by atoms with van der Waals surface area (Å²) in [6.45, 7) is 5.40. The largest absolute Gasteiger partial charge is 0.573 e. The number of aryl methyl sites for hydroxylation is 2. The summed E-state index contributed by atoms with van der Waals surface area (Å²) in [6.07, 6.45) is -3.09. The Balaban J connectivity index is 1.55. The zero-order chi connectivity index (χ0) is 21.0. The molecule has 2 heterocycles. The van der Waals surface area contributed by atoms with E-state index in [9.17, 15) is 18.0 Å². The molecule has 9 heteroatoms. The number of alkyl halides is 3. The van der Waals surface area contributed by atoms with Crippen LogP contribution >= 0.6 is 0 Å². The molecule has 0 aliphatic carbocycles. The van der Waals surface area contributed by atoms with Gasteiger partial charge in [-0.3, -0.25) is 4.79 Å². The molecule has 1 amide bonds. The number of nitrogens with zero attached hydrogens (tertiary/aromatic N) is 3. The monoisotopic (exact) mass is 408 g/mol. The average molecular weight is 408 g/mol. The molecule has 3 rings (SSSR count). The number of benzene rings is 1. The van der Waals surface area contributed by atoms with Gasteiger partial charge in [-0.2, -0.15) is 0 Å². The second-order valence-corrected chi connectivity index (χ2v) is 7.15. The van der Waals surface area contributed by atoms with Gasteiger partial charge in [0.15, 0.2) is 0 Å². The molecule has 156 valence electrons. The lowest BCUT2D eigenvalue weighted by atomic mass is 9.97. The van der Waals surface area contributed by atoms with E-state index in [0.29, 0.717) is 18.1 Å². The molecule has 1 aliphatic heterocycles. The molecule has 1 aromatic heterocycles. The number of ether oxygens (including phenoxy) is 1. The Morgan fingerprint density at radius 2 is 1.86 bits per heavy atom. The van der Waals surface area contributed by atoms with Crippen LogP contribution in [0.2, 0.25) is 0 Å². The van der Waals surface area contributed by atoms with Crippen LogP contribution in [0.1, 0.15) is 29.8 Å². The summed E-state index contributed by atoms with van der Waals surface area (Å²) in [5.41, 5.74) is 2.47. The van der Waals surface area contributed by atoms with Crippen molar-refractivity contribution in [3.63, 3.8) is 0 Å². The van der Waals surface area contributed by atoms with Crippen molar-refractivity contribution in [3.8, 4) is 5.75 Å². The van der Waals surface area contributed by atoms with Crippen molar-refractivity contribution in [3.05, 3.63) is 47.3 Å². The Kier molecular flexibility index (Phi) is 6.24. The number of aromatic nitrogens is 2. The van der Waals surface area contributed by atoms with Crippen molar-refractivity contribution in [1.29, 1.82) is 0 Å².